The number of nitriles is 1. The Bertz CT molecular complexity index is 1100. The summed E-state index contributed by atoms with van der Waals surface area (Å²) in [5.74, 6) is -3.43. The zero-order valence-electron chi connectivity index (χ0n) is 16.3. The lowest BCUT2D eigenvalue weighted by atomic mass is 9.78. The molecule has 1 atom stereocenters. The molecule has 1 aromatic carbocycles. The van der Waals surface area contributed by atoms with Crippen molar-refractivity contribution in [1.82, 2.24) is 5.32 Å². The molecule has 1 aliphatic heterocycles. The number of hydrogen-bond donors (Lipinski definition) is 1. The molecule has 31 heavy (non-hydrogen) atoms. The number of esters is 1. The van der Waals surface area contributed by atoms with Crippen LogP contribution in [-0.2, 0) is 20.4 Å². The van der Waals surface area contributed by atoms with E-state index in [9.17, 15) is 27.6 Å². The van der Waals surface area contributed by atoms with E-state index in [0.717, 1.165) is 19.2 Å². The van der Waals surface area contributed by atoms with Crippen molar-refractivity contribution in [2.45, 2.75) is 12.1 Å². The van der Waals surface area contributed by atoms with Crippen molar-refractivity contribution in [2.75, 3.05) is 20.8 Å². The van der Waals surface area contributed by atoms with E-state index in [1.807, 2.05) is 6.07 Å². The zero-order valence-corrected chi connectivity index (χ0v) is 16.3. The third-order valence-electron chi connectivity index (χ3n) is 4.66. The van der Waals surface area contributed by atoms with Gasteiger partial charge in [-0.15, -0.1) is 0 Å². The standard InChI is InChI=1S/C21H16F4N2O4/c1-29-10-15-18(20(28)30-2)17(12-6-5-11(22)8-14(12)21(23,24)25)13(9-26)19(27-15)16-4-3-7-31-16/h3-8,17,27H,10H2,1-2H3. The number of carbonyl (C=O) groups excluding carboxylic acids is 1. The van der Waals surface area contributed by atoms with Gasteiger partial charge in [0.05, 0.1) is 60.1 Å². The number of ether oxygens (including phenoxy) is 2. The number of nitrogens with one attached hydrogen (secondary N) is 1. The summed E-state index contributed by atoms with van der Waals surface area (Å²) in [5, 5.41) is 12.7. The number of alkyl halides is 3. The minimum atomic E-state index is -4.95. The van der Waals surface area contributed by atoms with E-state index >= 15 is 0 Å². The van der Waals surface area contributed by atoms with Crippen molar-refractivity contribution in [3.8, 4) is 6.07 Å². The summed E-state index contributed by atoms with van der Waals surface area (Å²) in [5.41, 5.74) is -2.13. The fourth-order valence-corrected chi connectivity index (χ4v) is 3.43. The van der Waals surface area contributed by atoms with Crippen LogP contribution < -0.4 is 5.32 Å². The molecular formula is C21H16F4N2O4. The lowest BCUT2D eigenvalue weighted by Crippen LogP contribution is -2.32. The lowest BCUT2D eigenvalue weighted by molar-refractivity contribution is -0.139. The number of allylic oxidation sites excluding steroid dienone is 1. The summed E-state index contributed by atoms with van der Waals surface area (Å²) in [6.07, 6.45) is -3.63. The molecule has 1 N–H and O–H groups in total. The van der Waals surface area contributed by atoms with Crippen molar-refractivity contribution >= 4 is 11.7 Å². The van der Waals surface area contributed by atoms with Crippen molar-refractivity contribution in [3.63, 3.8) is 0 Å². The third kappa shape index (κ3) is 4.18. The predicted molar refractivity (Wildman–Crippen MR) is 99.4 cm³/mol. The maximum Gasteiger partial charge on any atom is 0.416 e. The topological polar surface area (TPSA) is 84.5 Å². The Morgan fingerprint density at radius 1 is 1.29 bits per heavy atom. The van der Waals surface area contributed by atoms with Crippen LogP contribution in [-0.4, -0.2) is 26.8 Å². The molecule has 0 saturated heterocycles. The molecule has 10 heteroatoms. The van der Waals surface area contributed by atoms with Crippen LogP contribution in [0.25, 0.3) is 5.70 Å². The number of halogens is 4. The molecule has 6 nitrogen and oxygen atoms in total. The van der Waals surface area contributed by atoms with E-state index in [-0.39, 0.29) is 34.9 Å². The van der Waals surface area contributed by atoms with E-state index < -0.39 is 35.0 Å². The number of nitrogens with zero attached hydrogens (tertiary/aromatic N) is 1. The molecule has 0 saturated carbocycles. The maximum atomic E-state index is 13.8. The first kappa shape index (κ1) is 22.1. The van der Waals surface area contributed by atoms with Gasteiger partial charge in [-0.1, -0.05) is 6.07 Å². The first-order valence-electron chi connectivity index (χ1n) is 8.85. The summed E-state index contributed by atoms with van der Waals surface area (Å²) in [7, 11) is 2.39. The van der Waals surface area contributed by atoms with Crippen molar-refractivity contribution in [2.24, 2.45) is 0 Å². The van der Waals surface area contributed by atoms with Gasteiger partial charge in [-0.05, 0) is 29.8 Å². The minimum Gasteiger partial charge on any atom is -0.466 e. The van der Waals surface area contributed by atoms with E-state index in [1.165, 1.54) is 25.5 Å². The molecule has 162 valence electrons. The second-order valence-electron chi connectivity index (χ2n) is 6.48. The Hall–Kier alpha value is -3.58. The van der Waals surface area contributed by atoms with Crippen LogP contribution >= 0.6 is 0 Å². The van der Waals surface area contributed by atoms with Gasteiger partial charge in [0.1, 0.15) is 5.82 Å². The van der Waals surface area contributed by atoms with Crippen LogP contribution in [0.3, 0.4) is 0 Å². The molecule has 0 spiro atoms. The highest BCUT2D eigenvalue weighted by atomic mass is 19.4. The summed E-state index contributed by atoms with van der Waals surface area (Å²) in [4.78, 5) is 12.6. The van der Waals surface area contributed by atoms with Gasteiger partial charge in [0, 0.05) is 7.11 Å². The number of benzene rings is 1. The smallest absolute Gasteiger partial charge is 0.416 e. The summed E-state index contributed by atoms with van der Waals surface area (Å²) >= 11 is 0. The van der Waals surface area contributed by atoms with Gasteiger partial charge < -0.3 is 19.2 Å². The first-order valence-corrected chi connectivity index (χ1v) is 8.85. The van der Waals surface area contributed by atoms with E-state index in [0.29, 0.717) is 6.07 Å². The molecule has 1 aromatic heterocycles. The lowest BCUT2D eigenvalue weighted by Gasteiger charge is -2.31. The number of carbonyl (C=O) groups is 1. The second kappa shape index (κ2) is 8.65. The molecule has 0 radical (unpaired) electrons. The van der Waals surface area contributed by atoms with Crippen LogP contribution in [0.5, 0.6) is 0 Å². The van der Waals surface area contributed by atoms with E-state index in [4.69, 9.17) is 13.9 Å². The number of furan rings is 1. The second-order valence-corrected chi connectivity index (χ2v) is 6.48. The van der Waals surface area contributed by atoms with Crippen LogP contribution in [0, 0.1) is 17.1 Å². The van der Waals surface area contributed by atoms with Crippen molar-refractivity contribution < 1.29 is 36.2 Å². The molecule has 3 rings (SSSR count). The number of dihydropyridines is 1. The van der Waals surface area contributed by atoms with E-state index in [2.05, 4.69) is 5.32 Å². The molecule has 1 aliphatic rings. The van der Waals surface area contributed by atoms with Gasteiger partial charge in [0.25, 0.3) is 0 Å². The van der Waals surface area contributed by atoms with Crippen molar-refractivity contribution in [3.05, 3.63) is 76.1 Å². The Morgan fingerprint density at radius 2 is 2.03 bits per heavy atom. The molecule has 0 bridgehead atoms. The first-order chi connectivity index (χ1) is 14.7. The minimum absolute atomic E-state index is 0.0645. The predicted octanol–water partition coefficient (Wildman–Crippen LogP) is 4.13. The average molecular weight is 436 g/mol. The molecule has 2 aromatic rings. The largest absolute Gasteiger partial charge is 0.466 e. The number of hydrogen-bond acceptors (Lipinski definition) is 6. The van der Waals surface area contributed by atoms with Crippen LogP contribution in [0.2, 0.25) is 0 Å². The van der Waals surface area contributed by atoms with Crippen LogP contribution in [0.1, 0.15) is 22.8 Å². The Kier molecular flexibility index (Phi) is 6.17. The highest BCUT2D eigenvalue weighted by molar-refractivity contribution is 5.95. The van der Waals surface area contributed by atoms with Gasteiger partial charge in [-0.2, -0.15) is 18.4 Å². The SMILES string of the molecule is COCC1=C(C(=O)OC)C(c2ccc(F)cc2C(F)(F)F)C(C#N)=C(c2ccco2)N1. The quantitative estimate of drug-likeness (QED) is 0.561. The Morgan fingerprint density at radius 3 is 2.58 bits per heavy atom. The fraction of sp³-hybridized carbons (Fsp3) is 0.238. The van der Waals surface area contributed by atoms with Crippen molar-refractivity contribution in [1.29, 1.82) is 5.26 Å². The Labute approximate surface area is 174 Å². The van der Waals surface area contributed by atoms with Gasteiger partial charge in [0.2, 0.25) is 0 Å². The normalized spacial score (nSPS) is 16.7. The third-order valence-corrected chi connectivity index (χ3v) is 4.66. The van der Waals surface area contributed by atoms with Gasteiger partial charge in [-0.3, -0.25) is 0 Å². The highest BCUT2D eigenvalue weighted by Gasteiger charge is 2.43. The number of methoxy groups -OCH3 is 2. The zero-order chi connectivity index (χ0) is 22.8. The average Bonchev–Trinajstić information content (AvgIpc) is 3.26. The summed E-state index contributed by atoms with van der Waals surface area (Å²) < 4.78 is 70.3. The monoisotopic (exact) mass is 436 g/mol. The maximum absolute atomic E-state index is 13.8. The Balaban J connectivity index is 2.39. The van der Waals surface area contributed by atoms with Crippen LogP contribution in [0.4, 0.5) is 17.6 Å². The molecule has 1 unspecified atom stereocenters. The van der Waals surface area contributed by atoms with Gasteiger partial charge >= 0.3 is 12.1 Å². The molecular weight excluding hydrogens is 420 g/mol. The summed E-state index contributed by atoms with van der Waals surface area (Å²) in [6.45, 7) is -0.202. The molecule has 2 heterocycles. The highest BCUT2D eigenvalue weighted by Crippen LogP contribution is 2.45. The van der Waals surface area contributed by atoms with Gasteiger partial charge in [0.15, 0.2) is 5.76 Å². The molecule has 0 amide bonds. The van der Waals surface area contributed by atoms with Crippen LogP contribution in [0.15, 0.2) is 57.9 Å². The van der Waals surface area contributed by atoms with E-state index in [1.54, 1.807) is 0 Å². The molecule has 0 aliphatic carbocycles. The fourth-order valence-electron chi connectivity index (χ4n) is 3.43. The molecule has 0 fully saturated rings. The number of rotatable bonds is 5. The summed E-state index contributed by atoms with van der Waals surface area (Å²) in [6, 6.07) is 6.96. The van der Waals surface area contributed by atoms with Gasteiger partial charge in [-0.25, -0.2) is 9.18 Å².